The van der Waals surface area contributed by atoms with Gasteiger partial charge in [0.15, 0.2) is 5.57 Å². The summed E-state index contributed by atoms with van der Waals surface area (Å²) in [7, 11) is 0. The molecule has 52 heavy (non-hydrogen) atoms. The molecule has 2 N–H and O–H groups in total. The van der Waals surface area contributed by atoms with E-state index in [-0.39, 0.29) is 5.76 Å². The van der Waals surface area contributed by atoms with Crippen LogP contribution in [0.2, 0.25) is 0 Å². The van der Waals surface area contributed by atoms with E-state index in [1.165, 1.54) is 64.2 Å². The molecule has 0 radical (unpaired) electrons. The zero-order valence-corrected chi connectivity index (χ0v) is 31.3. The standard InChI is InChI=1S/C48H57O4/c1-3-5-7-9-10-11-12-14-36-52-44-33-25-40(26-34-44)18-16-38-21-29-42(30-22-38)46-47(49)45(48(46)50)41-27-19-37(20-28-41)15-17-39-23-31-43(32-24-39)51-35-13-8-6-4-2/h15-34,45,47,49H,3-14,35-36H2,1-2H3/q+1/p+1/b18-16+. The Bertz CT molecular complexity index is 1650. The van der Waals surface area contributed by atoms with Gasteiger partial charge in [-0.15, -0.1) is 0 Å². The van der Waals surface area contributed by atoms with Gasteiger partial charge in [0, 0.05) is 17.7 Å². The van der Waals surface area contributed by atoms with E-state index in [0.717, 1.165) is 71.0 Å². The minimum atomic E-state index is -0.758. The molecule has 4 nitrogen and oxygen atoms in total. The largest absolute Gasteiger partial charge is 0.511 e. The summed E-state index contributed by atoms with van der Waals surface area (Å²) in [5.74, 6) is 1.63. The molecule has 0 heterocycles. The Morgan fingerprint density at radius 1 is 0.673 bits per heavy atom. The van der Waals surface area contributed by atoms with Crippen LogP contribution in [0.3, 0.4) is 0 Å². The van der Waals surface area contributed by atoms with Crippen LogP contribution >= 0.6 is 0 Å². The number of benzene rings is 3. The van der Waals surface area contributed by atoms with E-state index in [2.05, 4.69) is 63.1 Å². The van der Waals surface area contributed by atoms with Crippen LogP contribution in [0.15, 0.2) is 114 Å². The van der Waals surface area contributed by atoms with E-state index >= 15 is 0 Å². The SMILES string of the molecule is CCCCCCCCCCOc1ccc(/C=C/c2ccc(C3=C(O)C(c4ccc([CH+]C=C5C=CC(OCCCCCC)=C[CH+]5)cc4)C3O)cc2)cc1. The summed E-state index contributed by atoms with van der Waals surface area (Å²) in [6.45, 7) is 6.01. The van der Waals surface area contributed by atoms with E-state index in [1.54, 1.807) is 0 Å². The molecule has 0 spiro atoms. The molecule has 2 aliphatic rings. The number of aliphatic hydroxyl groups excluding tert-OH is 2. The summed E-state index contributed by atoms with van der Waals surface area (Å²) < 4.78 is 11.8. The average molecular weight is 699 g/mol. The van der Waals surface area contributed by atoms with Crippen LogP contribution in [-0.4, -0.2) is 29.5 Å². The molecular weight excluding hydrogens is 641 g/mol. The lowest BCUT2D eigenvalue weighted by molar-refractivity contribution is 0.153. The third kappa shape index (κ3) is 11.7. The second kappa shape index (κ2) is 21.1. The summed E-state index contributed by atoms with van der Waals surface area (Å²) in [5, 5.41) is 22.1. The molecule has 2 atom stereocenters. The van der Waals surface area contributed by atoms with E-state index in [9.17, 15) is 10.2 Å². The predicted octanol–water partition coefficient (Wildman–Crippen LogP) is 12.5. The van der Waals surface area contributed by atoms with Crippen molar-refractivity contribution in [3.8, 4) is 5.75 Å². The van der Waals surface area contributed by atoms with Crippen molar-refractivity contribution in [2.45, 2.75) is 103 Å². The summed E-state index contributed by atoms with van der Waals surface area (Å²) in [6, 6.07) is 24.2. The van der Waals surface area contributed by atoms with Crippen molar-refractivity contribution < 1.29 is 19.7 Å². The first-order valence-electron chi connectivity index (χ1n) is 19.7. The Balaban J connectivity index is 1.05. The van der Waals surface area contributed by atoms with Gasteiger partial charge in [0.2, 0.25) is 5.76 Å². The molecule has 3 aromatic carbocycles. The van der Waals surface area contributed by atoms with E-state index in [0.29, 0.717) is 5.57 Å². The fourth-order valence-electron chi connectivity index (χ4n) is 6.67. The Hall–Kier alpha value is -4.54. The third-order valence-corrected chi connectivity index (χ3v) is 9.93. The average Bonchev–Trinajstić information content (AvgIpc) is 3.17. The highest BCUT2D eigenvalue weighted by atomic mass is 16.5. The molecule has 2 aliphatic carbocycles. The zero-order valence-electron chi connectivity index (χ0n) is 31.3. The molecule has 0 aromatic heterocycles. The molecule has 0 bridgehead atoms. The van der Waals surface area contributed by atoms with Crippen LogP contribution in [-0.2, 0) is 4.74 Å². The fraction of sp³-hybridized carbons (Fsp3) is 0.375. The summed E-state index contributed by atoms with van der Waals surface area (Å²) in [6.07, 6.45) is 30.9. The molecule has 0 amide bonds. The number of allylic oxidation sites excluding steroid dienone is 5. The van der Waals surface area contributed by atoms with E-state index < -0.39 is 12.0 Å². The quantitative estimate of drug-likeness (QED) is 0.0623. The lowest BCUT2D eigenvalue weighted by Gasteiger charge is -2.35. The first-order valence-corrected chi connectivity index (χ1v) is 19.7. The van der Waals surface area contributed by atoms with E-state index in [1.807, 2.05) is 72.8 Å². The Morgan fingerprint density at radius 3 is 1.85 bits per heavy atom. The van der Waals surface area contributed by atoms with Crippen molar-refractivity contribution in [3.63, 3.8) is 0 Å². The first-order chi connectivity index (χ1) is 25.6. The normalized spacial score (nSPS) is 17.6. The Kier molecular flexibility index (Phi) is 15.7. The minimum Gasteiger partial charge on any atom is -0.511 e. The van der Waals surface area contributed by atoms with Crippen molar-refractivity contribution in [1.29, 1.82) is 0 Å². The summed E-state index contributed by atoms with van der Waals surface area (Å²) in [4.78, 5) is 0. The summed E-state index contributed by atoms with van der Waals surface area (Å²) >= 11 is 0. The van der Waals surface area contributed by atoms with Crippen LogP contribution in [0.25, 0.3) is 17.7 Å². The van der Waals surface area contributed by atoms with E-state index in [4.69, 9.17) is 9.47 Å². The molecule has 0 fully saturated rings. The maximum atomic E-state index is 11.1. The van der Waals surface area contributed by atoms with Crippen molar-refractivity contribution in [2.75, 3.05) is 13.2 Å². The highest BCUT2D eigenvalue weighted by Crippen LogP contribution is 2.46. The first kappa shape index (κ1) is 38.7. The molecule has 0 saturated carbocycles. The molecule has 0 aliphatic heterocycles. The van der Waals surface area contributed by atoms with Crippen LogP contribution < -0.4 is 4.74 Å². The number of aliphatic hydroxyl groups is 2. The monoisotopic (exact) mass is 698 g/mol. The Morgan fingerprint density at radius 2 is 1.25 bits per heavy atom. The molecule has 0 saturated heterocycles. The summed E-state index contributed by atoms with van der Waals surface area (Å²) in [5.41, 5.74) is 6.65. The van der Waals surface area contributed by atoms with Gasteiger partial charge in [-0.1, -0.05) is 127 Å². The molecule has 4 heteroatoms. The van der Waals surface area contributed by atoms with Gasteiger partial charge >= 0.3 is 0 Å². The van der Waals surface area contributed by atoms with Crippen LogP contribution in [0.1, 0.15) is 125 Å². The molecule has 2 unspecified atom stereocenters. The topological polar surface area (TPSA) is 58.9 Å². The molecule has 272 valence electrons. The number of ether oxygens (including phenoxy) is 2. The van der Waals surface area contributed by atoms with Gasteiger partial charge in [0.05, 0.1) is 49.7 Å². The second-order valence-corrected chi connectivity index (χ2v) is 14.0. The molecular formula is C48H58O4+2. The second-order valence-electron chi connectivity index (χ2n) is 14.0. The minimum absolute atomic E-state index is 0.233. The van der Waals surface area contributed by atoms with Gasteiger partial charge in [0.25, 0.3) is 0 Å². The van der Waals surface area contributed by atoms with Crippen LogP contribution in [0.5, 0.6) is 5.75 Å². The molecule has 5 rings (SSSR count). The predicted molar refractivity (Wildman–Crippen MR) is 218 cm³/mol. The lowest BCUT2D eigenvalue weighted by atomic mass is 9.73. The van der Waals surface area contributed by atoms with Gasteiger partial charge in [-0.2, -0.15) is 0 Å². The number of unbranched alkanes of at least 4 members (excludes halogenated alkanes) is 10. The Labute approximate surface area is 313 Å². The highest BCUT2D eigenvalue weighted by molar-refractivity contribution is 5.80. The van der Waals surface area contributed by atoms with Gasteiger partial charge in [-0.25, -0.2) is 0 Å². The van der Waals surface area contributed by atoms with Gasteiger partial charge in [0.1, 0.15) is 29.8 Å². The highest BCUT2D eigenvalue weighted by Gasteiger charge is 2.41. The van der Waals surface area contributed by atoms with Gasteiger partial charge in [-0.05, 0) is 59.4 Å². The lowest BCUT2D eigenvalue weighted by Crippen LogP contribution is -2.33. The van der Waals surface area contributed by atoms with Gasteiger partial charge in [-0.3, -0.25) is 0 Å². The van der Waals surface area contributed by atoms with Gasteiger partial charge < -0.3 is 19.7 Å². The smallest absolute Gasteiger partial charge is 0.200 e. The maximum absolute atomic E-state index is 11.1. The fourth-order valence-corrected chi connectivity index (χ4v) is 6.67. The van der Waals surface area contributed by atoms with Crippen molar-refractivity contribution in [3.05, 3.63) is 155 Å². The maximum Gasteiger partial charge on any atom is 0.200 e. The molecule has 3 aromatic rings. The number of rotatable bonds is 22. The van der Waals surface area contributed by atoms with Crippen LogP contribution in [0, 0.1) is 12.8 Å². The van der Waals surface area contributed by atoms with Crippen molar-refractivity contribution in [1.82, 2.24) is 0 Å². The van der Waals surface area contributed by atoms with Crippen molar-refractivity contribution >= 4 is 17.7 Å². The van der Waals surface area contributed by atoms with Crippen LogP contribution in [0.4, 0.5) is 0 Å². The zero-order chi connectivity index (χ0) is 36.4. The third-order valence-electron chi connectivity index (χ3n) is 9.93. The van der Waals surface area contributed by atoms with Crippen molar-refractivity contribution in [2.24, 2.45) is 0 Å². The number of hydrogen-bond acceptors (Lipinski definition) is 4. The number of hydrogen-bond donors (Lipinski definition) is 2.